The van der Waals surface area contributed by atoms with Crippen LogP contribution >= 0.6 is 0 Å². The van der Waals surface area contributed by atoms with E-state index in [4.69, 9.17) is 10.8 Å². The quantitative estimate of drug-likeness (QED) is 0.698. The molecule has 0 aliphatic carbocycles. The summed E-state index contributed by atoms with van der Waals surface area (Å²) in [6, 6.07) is 4.28. The zero-order chi connectivity index (χ0) is 11.5. The van der Waals surface area contributed by atoms with E-state index in [2.05, 4.69) is 15.0 Å². The number of aromatic amines is 1. The monoisotopic (exact) mass is 218 g/mol. The number of H-pyrrole nitrogens is 1. The van der Waals surface area contributed by atoms with Crippen molar-refractivity contribution in [1.29, 1.82) is 0 Å². The van der Waals surface area contributed by atoms with Gasteiger partial charge >= 0.3 is 5.97 Å². The highest BCUT2D eigenvalue weighted by Gasteiger charge is 2.18. The molecule has 6 heteroatoms. The average molecular weight is 218 g/mol. The minimum Gasteiger partial charge on any atom is -0.480 e. The van der Waals surface area contributed by atoms with Gasteiger partial charge in [-0.15, -0.1) is 0 Å². The van der Waals surface area contributed by atoms with Crippen LogP contribution in [0.2, 0.25) is 0 Å². The number of hydrogen-bond acceptors (Lipinski definition) is 4. The van der Waals surface area contributed by atoms with Gasteiger partial charge in [0.05, 0.1) is 17.6 Å². The highest BCUT2D eigenvalue weighted by molar-refractivity contribution is 5.74. The van der Waals surface area contributed by atoms with Crippen molar-refractivity contribution < 1.29 is 9.90 Å². The van der Waals surface area contributed by atoms with E-state index in [0.717, 1.165) is 0 Å². The Hall–Kier alpha value is -2.21. The van der Waals surface area contributed by atoms with Crippen molar-refractivity contribution in [2.45, 2.75) is 6.04 Å². The molecule has 2 rings (SSSR count). The van der Waals surface area contributed by atoms with Crippen molar-refractivity contribution in [3.05, 3.63) is 36.4 Å². The van der Waals surface area contributed by atoms with Crippen molar-refractivity contribution in [2.75, 3.05) is 0 Å². The first-order valence-corrected chi connectivity index (χ1v) is 4.63. The molecule has 0 spiro atoms. The minimum absolute atomic E-state index is 0.216. The van der Waals surface area contributed by atoms with Crippen molar-refractivity contribution in [3.8, 4) is 11.4 Å². The maximum atomic E-state index is 10.6. The second-order valence-corrected chi connectivity index (χ2v) is 3.21. The molecule has 6 nitrogen and oxygen atoms in total. The number of aliphatic carboxylic acids is 1. The molecule has 0 bridgehead atoms. The smallest absolute Gasteiger partial charge is 0.328 e. The van der Waals surface area contributed by atoms with Crippen LogP contribution in [0.5, 0.6) is 0 Å². The summed E-state index contributed by atoms with van der Waals surface area (Å²) >= 11 is 0. The molecule has 0 amide bonds. The van der Waals surface area contributed by atoms with Gasteiger partial charge in [0.2, 0.25) is 0 Å². The summed E-state index contributed by atoms with van der Waals surface area (Å²) in [6.45, 7) is 0. The molecular formula is C10H10N4O2. The summed E-state index contributed by atoms with van der Waals surface area (Å²) in [5, 5.41) is 8.71. The second kappa shape index (κ2) is 4.11. The van der Waals surface area contributed by atoms with Gasteiger partial charge in [-0.05, 0) is 12.1 Å². The number of rotatable bonds is 3. The normalized spacial score (nSPS) is 12.3. The van der Waals surface area contributed by atoms with Gasteiger partial charge in [-0.3, -0.25) is 9.78 Å². The fourth-order valence-corrected chi connectivity index (χ4v) is 1.26. The third-order valence-corrected chi connectivity index (χ3v) is 2.10. The van der Waals surface area contributed by atoms with E-state index < -0.39 is 12.0 Å². The molecule has 4 N–H and O–H groups in total. The molecule has 0 saturated carbocycles. The van der Waals surface area contributed by atoms with Crippen LogP contribution in [0.25, 0.3) is 11.4 Å². The van der Waals surface area contributed by atoms with Crippen LogP contribution in [-0.4, -0.2) is 26.0 Å². The summed E-state index contributed by atoms with van der Waals surface area (Å²) in [6.07, 6.45) is 3.16. The number of carboxylic acid groups (broad SMARTS) is 1. The topological polar surface area (TPSA) is 105 Å². The zero-order valence-electron chi connectivity index (χ0n) is 8.29. The summed E-state index contributed by atoms with van der Waals surface area (Å²) in [5.41, 5.74) is 6.75. The number of pyridine rings is 1. The fourth-order valence-electron chi connectivity index (χ4n) is 1.26. The van der Waals surface area contributed by atoms with E-state index in [1.165, 1.54) is 6.20 Å². The van der Waals surface area contributed by atoms with Crippen LogP contribution < -0.4 is 5.73 Å². The van der Waals surface area contributed by atoms with E-state index in [0.29, 0.717) is 11.4 Å². The Balaban J connectivity index is 2.30. The maximum absolute atomic E-state index is 10.6. The third-order valence-electron chi connectivity index (χ3n) is 2.10. The lowest BCUT2D eigenvalue weighted by Crippen LogP contribution is -2.21. The molecule has 16 heavy (non-hydrogen) atoms. The number of carbonyl (C=O) groups is 1. The van der Waals surface area contributed by atoms with Crippen molar-refractivity contribution in [3.63, 3.8) is 0 Å². The van der Waals surface area contributed by atoms with Gasteiger partial charge in [-0.25, -0.2) is 4.98 Å². The molecular weight excluding hydrogens is 208 g/mol. The van der Waals surface area contributed by atoms with Crippen molar-refractivity contribution in [2.24, 2.45) is 5.73 Å². The summed E-state index contributed by atoms with van der Waals surface area (Å²) in [5.74, 6) is -0.907. The van der Waals surface area contributed by atoms with Crippen molar-refractivity contribution in [1.82, 2.24) is 15.0 Å². The Morgan fingerprint density at radius 2 is 2.25 bits per heavy atom. The molecule has 0 aliphatic heterocycles. The Bertz CT molecular complexity index is 495. The number of nitrogens with two attached hydrogens (primary N) is 1. The molecule has 82 valence electrons. The lowest BCUT2D eigenvalue weighted by Gasteiger charge is -2.01. The number of aromatic nitrogens is 3. The number of nitrogens with one attached hydrogen (secondary N) is 1. The SMILES string of the molecule is NC(C(=O)O)c1ncc(-c2ccccn2)[nH]1. The molecule has 0 radical (unpaired) electrons. The lowest BCUT2D eigenvalue weighted by molar-refractivity contribution is -0.138. The Morgan fingerprint density at radius 1 is 1.44 bits per heavy atom. The molecule has 1 unspecified atom stereocenters. The van der Waals surface area contributed by atoms with Gasteiger partial charge < -0.3 is 15.8 Å². The number of carboxylic acids is 1. The first kappa shape index (κ1) is 10.3. The standard InChI is InChI=1S/C10H10N4O2/c11-8(10(15)16)9-13-5-7(14-9)6-3-1-2-4-12-6/h1-5,8H,11H2,(H,13,14)(H,15,16). The van der Waals surface area contributed by atoms with Crippen LogP contribution in [0.4, 0.5) is 0 Å². The second-order valence-electron chi connectivity index (χ2n) is 3.21. The van der Waals surface area contributed by atoms with E-state index in [1.807, 2.05) is 6.07 Å². The van der Waals surface area contributed by atoms with Crippen LogP contribution in [0.1, 0.15) is 11.9 Å². The van der Waals surface area contributed by atoms with Crippen LogP contribution in [0.15, 0.2) is 30.6 Å². The molecule has 2 heterocycles. The highest BCUT2D eigenvalue weighted by Crippen LogP contribution is 2.15. The van der Waals surface area contributed by atoms with E-state index in [9.17, 15) is 4.79 Å². The average Bonchev–Trinajstić information content (AvgIpc) is 2.78. The van der Waals surface area contributed by atoms with Gasteiger partial charge in [0.25, 0.3) is 0 Å². The van der Waals surface area contributed by atoms with Crippen LogP contribution in [0, 0.1) is 0 Å². The largest absolute Gasteiger partial charge is 0.480 e. The molecule has 0 aliphatic rings. The Labute approximate surface area is 91.2 Å². The maximum Gasteiger partial charge on any atom is 0.328 e. The zero-order valence-corrected chi connectivity index (χ0v) is 8.29. The molecule has 0 saturated heterocycles. The molecule has 2 aromatic heterocycles. The van der Waals surface area contributed by atoms with Gasteiger partial charge in [-0.1, -0.05) is 6.07 Å². The van der Waals surface area contributed by atoms with Gasteiger partial charge in [0.15, 0.2) is 6.04 Å². The first-order chi connectivity index (χ1) is 7.68. The van der Waals surface area contributed by atoms with Gasteiger partial charge in [-0.2, -0.15) is 0 Å². The van der Waals surface area contributed by atoms with E-state index >= 15 is 0 Å². The van der Waals surface area contributed by atoms with Crippen LogP contribution in [0.3, 0.4) is 0 Å². The minimum atomic E-state index is -1.14. The van der Waals surface area contributed by atoms with E-state index in [-0.39, 0.29) is 5.82 Å². The molecule has 2 aromatic rings. The molecule has 0 fully saturated rings. The lowest BCUT2D eigenvalue weighted by atomic mass is 10.3. The molecule has 0 aromatic carbocycles. The fraction of sp³-hybridized carbons (Fsp3) is 0.100. The summed E-state index contributed by atoms with van der Waals surface area (Å²) < 4.78 is 0. The summed E-state index contributed by atoms with van der Waals surface area (Å²) in [4.78, 5) is 21.5. The predicted molar refractivity (Wildman–Crippen MR) is 56.4 cm³/mol. The predicted octanol–water partition coefficient (Wildman–Crippen LogP) is 0.556. The van der Waals surface area contributed by atoms with Gasteiger partial charge in [0.1, 0.15) is 5.82 Å². The number of imidazole rings is 1. The van der Waals surface area contributed by atoms with Gasteiger partial charge in [0, 0.05) is 6.20 Å². The molecule has 1 atom stereocenters. The highest BCUT2D eigenvalue weighted by atomic mass is 16.4. The summed E-state index contributed by atoms with van der Waals surface area (Å²) in [7, 11) is 0. The van der Waals surface area contributed by atoms with Crippen molar-refractivity contribution >= 4 is 5.97 Å². The first-order valence-electron chi connectivity index (χ1n) is 4.63. The number of hydrogen-bond donors (Lipinski definition) is 3. The Kier molecular flexibility index (Phi) is 2.65. The number of nitrogens with zero attached hydrogens (tertiary/aromatic N) is 2. The Morgan fingerprint density at radius 3 is 2.88 bits per heavy atom. The third kappa shape index (κ3) is 1.91. The van der Waals surface area contributed by atoms with Crippen LogP contribution in [-0.2, 0) is 4.79 Å². The van der Waals surface area contributed by atoms with E-state index in [1.54, 1.807) is 18.3 Å².